The fourth-order valence-electron chi connectivity index (χ4n) is 4.59. The zero-order valence-corrected chi connectivity index (χ0v) is 17.6. The standard InChI is InChI=1S/C21H22N4O4S/c1-14-5-3-6-15(11-14)18-22-19(29-23-18)16-8-10-30(27,28)21(16)12-25(13-21)20(26)17-7-4-9-24(17)2/h3-7,9,11,16H,8,10,12-13H2,1-2H3. The molecule has 1 atom stereocenters. The summed E-state index contributed by atoms with van der Waals surface area (Å²) in [7, 11) is -1.59. The van der Waals surface area contributed by atoms with E-state index in [1.807, 2.05) is 31.2 Å². The summed E-state index contributed by atoms with van der Waals surface area (Å²) in [6, 6.07) is 11.3. The highest BCUT2D eigenvalue weighted by Gasteiger charge is 2.64. The van der Waals surface area contributed by atoms with Gasteiger partial charge in [0.1, 0.15) is 10.4 Å². The van der Waals surface area contributed by atoms with Crippen molar-refractivity contribution in [2.75, 3.05) is 18.8 Å². The van der Waals surface area contributed by atoms with Gasteiger partial charge in [-0.1, -0.05) is 28.9 Å². The number of hydrogen-bond acceptors (Lipinski definition) is 6. The molecule has 30 heavy (non-hydrogen) atoms. The van der Waals surface area contributed by atoms with Gasteiger partial charge in [-0.15, -0.1) is 0 Å². The Labute approximate surface area is 174 Å². The van der Waals surface area contributed by atoms with Gasteiger partial charge in [0.15, 0.2) is 9.84 Å². The molecule has 5 rings (SSSR count). The molecule has 2 fully saturated rings. The Kier molecular flexibility index (Phi) is 4.15. The molecule has 4 heterocycles. The van der Waals surface area contributed by atoms with Crippen LogP contribution in [0.15, 0.2) is 47.1 Å². The average Bonchev–Trinajstić information content (AvgIpc) is 3.37. The van der Waals surface area contributed by atoms with E-state index in [0.29, 0.717) is 23.8 Å². The Bertz CT molecular complexity index is 1240. The van der Waals surface area contributed by atoms with Gasteiger partial charge >= 0.3 is 0 Å². The van der Waals surface area contributed by atoms with Crippen LogP contribution in [0.1, 0.15) is 34.3 Å². The second-order valence-electron chi connectivity index (χ2n) is 8.22. The van der Waals surface area contributed by atoms with E-state index in [2.05, 4.69) is 10.1 Å². The van der Waals surface area contributed by atoms with Crippen molar-refractivity contribution < 1.29 is 17.7 Å². The number of rotatable bonds is 3. The molecule has 0 aliphatic carbocycles. The van der Waals surface area contributed by atoms with Crippen molar-refractivity contribution in [2.45, 2.75) is 24.0 Å². The number of hydrogen-bond donors (Lipinski definition) is 0. The predicted molar refractivity (Wildman–Crippen MR) is 110 cm³/mol. The summed E-state index contributed by atoms with van der Waals surface area (Å²) >= 11 is 0. The van der Waals surface area contributed by atoms with Crippen LogP contribution in [0, 0.1) is 6.92 Å². The van der Waals surface area contributed by atoms with E-state index in [4.69, 9.17) is 4.52 Å². The molecule has 0 radical (unpaired) electrons. The molecule has 1 aromatic carbocycles. The number of nitrogens with zero attached hydrogens (tertiary/aromatic N) is 4. The number of likely N-dealkylation sites (tertiary alicyclic amines) is 1. The first kappa shape index (κ1) is 19.0. The Morgan fingerprint density at radius 2 is 2.03 bits per heavy atom. The Balaban J connectivity index is 1.43. The molecule has 156 valence electrons. The summed E-state index contributed by atoms with van der Waals surface area (Å²) < 4.78 is 32.1. The van der Waals surface area contributed by atoms with Crippen LogP contribution in [0.5, 0.6) is 0 Å². The highest BCUT2D eigenvalue weighted by atomic mass is 32.2. The van der Waals surface area contributed by atoms with E-state index >= 15 is 0 Å². The molecule has 0 N–H and O–H groups in total. The third kappa shape index (κ3) is 2.72. The Hall–Kier alpha value is -2.94. The van der Waals surface area contributed by atoms with E-state index in [9.17, 15) is 13.2 Å². The molecular weight excluding hydrogens is 404 g/mol. The first-order valence-electron chi connectivity index (χ1n) is 9.84. The van der Waals surface area contributed by atoms with Crippen molar-refractivity contribution in [3.63, 3.8) is 0 Å². The van der Waals surface area contributed by atoms with Gasteiger partial charge in [-0.2, -0.15) is 4.98 Å². The van der Waals surface area contributed by atoms with Gasteiger partial charge in [0, 0.05) is 31.9 Å². The minimum atomic E-state index is -3.38. The van der Waals surface area contributed by atoms with Crippen LogP contribution < -0.4 is 0 Å². The molecule has 8 nitrogen and oxygen atoms in total. The SMILES string of the molecule is Cc1cccc(-c2noc(C3CCS(=O)(=O)C34CN(C(=O)c3cccn3C)C4)n2)c1. The highest BCUT2D eigenvalue weighted by Crippen LogP contribution is 2.50. The predicted octanol–water partition coefficient (Wildman–Crippen LogP) is 2.18. The van der Waals surface area contributed by atoms with E-state index < -0.39 is 20.5 Å². The van der Waals surface area contributed by atoms with Gasteiger partial charge in [0.05, 0.1) is 11.7 Å². The molecule has 1 spiro atoms. The van der Waals surface area contributed by atoms with Crippen molar-refractivity contribution in [2.24, 2.45) is 7.05 Å². The fourth-order valence-corrected chi connectivity index (χ4v) is 6.90. The molecule has 1 amide bonds. The maximum atomic E-state index is 13.0. The zero-order valence-electron chi connectivity index (χ0n) is 16.8. The lowest BCUT2D eigenvalue weighted by atomic mass is 9.83. The number of benzene rings is 1. The topological polar surface area (TPSA) is 98.3 Å². The largest absolute Gasteiger partial charge is 0.347 e. The first-order valence-corrected chi connectivity index (χ1v) is 11.5. The van der Waals surface area contributed by atoms with Crippen LogP contribution in [-0.4, -0.2) is 57.5 Å². The smallest absolute Gasteiger partial charge is 0.270 e. The Morgan fingerprint density at radius 1 is 1.23 bits per heavy atom. The van der Waals surface area contributed by atoms with Crippen LogP contribution >= 0.6 is 0 Å². The molecular formula is C21H22N4O4S. The minimum Gasteiger partial charge on any atom is -0.347 e. The number of sulfone groups is 1. The molecule has 2 aliphatic heterocycles. The molecule has 2 aliphatic rings. The third-order valence-corrected chi connectivity index (χ3v) is 8.87. The van der Waals surface area contributed by atoms with Gasteiger partial charge in [0.25, 0.3) is 5.91 Å². The van der Waals surface area contributed by atoms with Gasteiger partial charge in [-0.25, -0.2) is 8.42 Å². The van der Waals surface area contributed by atoms with Crippen LogP contribution in [0.4, 0.5) is 0 Å². The van der Waals surface area contributed by atoms with Crippen molar-refractivity contribution in [3.05, 3.63) is 59.7 Å². The summed E-state index contributed by atoms with van der Waals surface area (Å²) in [5.41, 5.74) is 2.44. The van der Waals surface area contributed by atoms with Crippen LogP contribution in [0.2, 0.25) is 0 Å². The molecule has 9 heteroatoms. The highest BCUT2D eigenvalue weighted by molar-refractivity contribution is 7.93. The molecule has 2 aromatic heterocycles. The van der Waals surface area contributed by atoms with Gasteiger partial charge < -0.3 is 14.0 Å². The van der Waals surface area contributed by atoms with E-state index in [1.54, 1.807) is 34.8 Å². The normalized spacial score (nSPS) is 21.7. The first-order chi connectivity index (χ1) is 14.3. The van der Waals surface area contributed by atoms with E-state index in [1.165, 1.54) is 0 Å². The summed E-state index contributed by atoms with van der Waals surface area (Å²) in [6.45, 7) is 2.27. The Morgan fingerprint density at radius 3 is 2.73 bits per heavy atom. The summed E-state index contributed by atoms with van der Waals surface area (Å²) in [5.74, 6) is 0.264. The second kappa shape index (κ2) is 6.53. The summed E-state index contributed by atoms with van der Waals surface area (Å²) in [5, 5.41) is 4.09. The molecule has 0 bridgehead atoms. The maximum absolute atomic E-state index is 13.0. The van der Waals surface area contributed by atoms with Crippen molar-refractivity contribution in [3.8, 4) is 11.4 Å². The van der Waals surface area contributed by atoms with Crippen LogP contribution in [0.25, 0.3) is 11.4 Å². The third-order valence-electron chi connectivity index (χ3n) is 6.31. The number of aromatic nitrogens is 3. The van der Waals surface area contributed by atoms with Gasteiger partial charge in [-0.3, -0.25) is 4.79 Å². The summed E-state index contributed by atoms with van der Waals surface area (Å²) in [4.78, 5) is 18.9. The van der Waals surface area contributed by atoms with Crippen LogP contribution in [0.3, 0.4) is 0 Å². The molecule has 0 saturated carbocycles. The minimum absolute atomic E-state index is 0.0615. The van der Waals surface area contributed by atoms with E-state index in [0.717, 1.165) is 11.1 Å². The second-order valence-corrected chi connectivity index (χ2v) is 10.7. The fraction of sp³-hybridized carbons (Fsp3) is 0.381. The average molecular weight is 426 g/mol. The number of aryl methyl sites for hydroxylation is 2. The molecule has 3 aromatic rings. The van der Waals surface area contributed by atoms with Gasteiger partial charge in [-0.05, 0) is 31.5 Å². The number of carbonyl (C=O) groups excluding carboxylic acids is 1. The van der Waals surface area contributed by atoms with Crippen molar-refractivity contribution in [1.82, 2.24) is 19.6 Å². The molecule has 1 unspecified atom stereocenters. The summed E-state index contributed by atoms with van der Waals surface area (Å²) in [6.07, 6.45) is 2.22. The lowest BCUT2D eigenvalue weighted by Crippen LogP contribution is -2.67. The van der Waals surface area contributed by atoms with Crippen molar-refractivity contribution in [1.29, 1.82) is 0 Å². The van der Waals surface area contributed by atoms with Gasteiger partial charge in [0.2, 0.25) is 11.7 Å². The quantitative estimate of drug-likeness (QED) is 0.637. The number of amides is 1. The number of carbonyl (C=O) groups is 1. The molecule has 2 saturated heterocycles. The van der Waals surface area contributed by atoms with E-state index in [-0.39, 0.29) is 24.7 Å². The maximum Gasteiger partial charge on any atom is 0.270 e. The van der Waals surface area contributed by atoms with Crippen molar-refractivity contribution >= 4 is 15.7 Å². The lowest BCUT2D eigenvalue weighted by molar-refractivity contribution is 0.0494. The lowest BCUT2D eigenvalue weighted by Gasteiger charge is -2.48. The monoisotopic (exact) mass is 426 g/mol. The zero-order chi connectivity index (χ0) is 21.1. The van der Waals surface area contributed by atoms with Crippen LogP contribution in [-0.2, 0) is 16.9 Å².